The largest absolute Gasteiger partial charge is 0.310 e. The SMILES string of the molecule is c1ccc(N(c2ccc3sc4cccc(C5(c6ccccc6)c6ccccc6-c6ccccc65)c4c3c2)c2cccc3c2-c2ccccc2C32c3ccccc3-c3ccccc32)cc1. The molecule has 10 aromatic carbocycles. The summed E-state index contributed by atoms with van der Waals surface area (Å²) in [7, 11) is 0. The van der Waals surface area contributed by atoms with E-state index in [4.69, 9.17) is 0 Å². The molecule has 14 rings (SSSR count). The van der Waals surface area contributed by atoms with E-state index in [0.717, 1.165) is 11.4 Å². The molecule has 64 heavy (non-hydrogen) atoms. The molecule has 1 spiro atoms. The van der Waals surface area contributed by atoms with Crippen LogP contribution < -0.4 is 4.90 Å². The molecule has 1 nitrogen and oxygen atoms in total. The minimum absolute atomic E-state index is 0.431. The number of nitrogens with zero attached hydrogens (tertiary/aromatic N) is 1. The van der Waals surface area contributed by atoms with Gasteiger partial charge in [0, 0.05) is 37.1 Å². The fourth-order valence-electron chi connectivity index (χ4n) is 12.3. The second kappa shape index (κ2) is 13.4. The molecule has 0 amide bonds. The Morgan fingerprint density at radius 2 is 0.781 bits per heavy atom. The molecule has 0 bridgehead atoms. The van der Waals surface area contributed by atoms with Crippen LogP contribution in [0.4, 0.5) is 17.1 Å². The Morgan fingerprint density at radius 1 is 0.312 bits per heavy atom. The van der Waals surface area contributed by atoms with Gasteiger partial charge in [-0.3, -0.25) is 0 Å². The van der Waals surface area contributed by atoms with Crippen molar-refractivity contribution in [3.8, 4) is 33.4 Å². The number of fused-ring (bicyclic) bond motifs is 16. The van der Waals surface area contributed by atoms with Gasteiger partial charge in [0.15, 0.2) is 0 Å². The van der Waals surface area contributed by atoms with E-state index in [1.165, 1.54) is 104 Å². The summed E-state index contributed by atoms with van der Waals surface area (Å²) in [5.41, 5.74) is 20.9. The van der Waals surface area contributed by atoms with Crippen LogP contribution in [-0.4, -0.2) is 0 Å². The molecule has 1 heterocycles. The maximum Gasteiger partial charge on any atom is 0.0726 e. The minimum Gasteiger partial charge on any atom is -0.310 e. The van der Waals surface area contributed by atoms with E-state index in [1.807, 2.05) is 11.3 Å². The average molecular weight is 830 g/mol. The molecule has 1 aromatic heterocycles. The Labute approximate surface area is 376 Å². The molecule has 3 aliphatic rings. The molecule has 0 atom stereocenters. The smallest absolute Gasteiger partial charge is 0.0726 e. The highest BCUT2D eigenvalue weighted by molar-refractivity contribution is 7.25. The van der Waals surface area contributed by atoms with E-state index in [9.17, 15) is 0 Å². The molecule has 3 aliphatic carbocycles. The van der Waals surface area contributed by atoms with Crippen LogP contribution >= 0.6 is 11.3 Å². The first-order valence-electron chi connectivity index (χ1n) is 22.3. The number of para-hydroxylation sites is 1. The fourth-order valence-corrected chi connectivity index (χ4v) is 13.4. The Morgan fingerprint density at radius 3 is 1.39 bits per heavy atom. The summed E-state index contributed by atoms with van der Waals surface area (Å²) in [5, 5.41) is 2.59. The highest BCUT2D eigenvalue weighted by Gasteiger charge is 2.52. The third-order valence-electron chi connectivity index (χ3n) is 14.6. The second-order valence-corrected chi connectivity index (χ2v) is 18.5. The molecule has 0 aliphatic heterocycles. The first kappa shape index (κ1) is 35.8. The quantitative estimate of drug-likeness (QED) is 0.167. The summed E-state index contributed by atoms with van der Waals surface area (Å²) in [6.07, 6.45) is 0. The fraction of sp³-hybridized carbons (Fsp3) is 0.0323. The number of benzene rings is 10. The zero-order valence-electron chi connectivity index (χ0n) is 34.9. The van der Waals surface area contributed by atoms with E-state index in [-0.39, 0.29) is 0 Å². The monoisotopic (exact) mass is 829 g/mol. The Balaban J connectivity index is 1.05. The molecule has 0 saturated carbocycles. The lowest BCUT2D eigenvalue weighted by molar-refractivity contribution is 0.777. The summed E-state index contributed by atoms with van der Waals surface area (Å²) in [4.78, 5) is 2.51. The summed E-state index contributed by atoms with van der Waals surface area (Å²) >= 11 is 1.90. The van der Waals surface area contributed by atoms with Crippen LogP contribution in [0, 0.1) is 0 Å². The van der Waals surface area contributed by atoms with Crippen LogP contribution in [0.5, 0.6) is 0 Å². The van der Waals surface area contributed by atoms with Crippen molar-refractivity contribution in [2.24, 2.45) is 0 Å². The molecule has 11 aromatic rings. The van der Waals surface area contributed by atoms with Crippen LogP contribution in [0.3, 0.4) is 0 Å². The maximum absolute atomic E-state index is 2.51. The Hall–Kier alpha value is -7.78. The first-order chi connectivity index (χ1) is 31.8. The lowest BCUT2D eigenvalue weighted by Gasteiger charge is -2.34. The van der Waals surface area contributed by atoms with Gasteiger partial charge in [-0.1, -0.05) is 194 Å². The molecule has 0 N–H and O–H groups in total. The maximum atomic E-state index is 2.51. The lowest BCUT2D eigenvalue weighted by atomic mass is 9.66. The molecule has 0 fully saturated rings. The van der Waals surface area contributed by atoms with Crippen LogP contribution in [0.25, 0.3) is 53.6 Å². The van der Waals surface area contributed by atoms with Gasteiger partial charge in [0.1, 0.15) is 0 Å². The predicted octanol–water partition coefficient (Wildman–Crippen LogP) is 16.2. The molecular formula is C62H39NS. The van der Waals surface area contributed by atoms with E-state index in [1.54, 1.807) is 0 Å². The van der Waals surface area contributed by atoms with Crippen LogP contribution in [0.15, 0.2) is 237 Å². The normalized spacial score (nSPS) is 14.2. The summed E-state index contributed by atoms with van der Waals surface area (Å²) in [6, 6.07) is 88.8. The number of rotatable bonds is 5. The second-order valence-electron chi connectivity index (χ2n) is 17.4. The Kier molecular flexibility index (Phi) is 7.47. The van der Waals surface area contributed by atoms with Crippen LogP contribution in [0.2, 0.25) is 0 Å². The topological polar surface area (TPSA) is 3.24 Å². The van der Waals surface area contributed by atoms with Crippen molar-refractivity contribution in [3.63, 3.8) is 0 Å². The van der Waals surface area contributed by atoms with Gasteiger partial charge in [0.25, 0.3) is 0 Å². The van der Waals surface area contributed by atoms with E-state index in [0.29, 0.717) is 0 Å². The van der Waals surface area contributed by atoms with Crippen LogP contribution in [0.1, 0.15) is 44.5 Å². The van der Waals surface area contributed by atoms with Crippen molar-refractivity contribution < 1.29 is 0 Å². The van der Waals surface area contributed by atoms with E-state index in [2.05, 4.69) is 241 Å². The van der Waals surface area contributed by atoms with E-state index >= 15 is 0 Å². The lowest BCUT2D eigenvalue weighted by Crippen LogP contribution is -2.28. The van der Waals surface area contributed by atoms with Gasteiger partial charge in [-0.05, 0) is 115 Å². The highest BCUT2D eigenvalue weighted by Crippen LogP contribution is 2.65. The zero-order valence-corrected chi connectivity index (χ0v) is 35.7. The molecule has 0 radical (unpaired) electrons. The Bertz CT molecular complexity index is 3600. The van der Waals surface area contributed by atoms with Gasteiger partial charge in [-0.25, -0.2) is 0 Å². The standard InChI is InChI=1S/C62H39NS/c1-3-19-40(20-4-1)61(49-28-12-7-23-43(49)44-24-8-13-29-50(44)61)55-34-18-36-58-60(55)48-39-42(37-38-57(48)64-58)63(41-21-5-2-6-22-41)56-35-17-33-54-59(56)47-27-11-16-32-53(47)62(54)51-30-14-9-25-45(51)46-26-10-15-31-52(46)62/h1-39H. The molecular weight excluding hydrogens is 791 g/mol. The van der Waals surface area contributed by atoms with Gasteiger partial charge in [0.05, 0.1) is 16.5 Å². The van der Waals surface area contributed by atoms with E-state index < -0.39 is 10.8 Å². The highest BCUT2D eigenvalue weighted by atomic mass is 32.1. The third-order valence-corrected chi connectivity index (χ3v) is 15.7. The minimum atomic E-state index is -0.511. The van der Waals surface area contributed by atoms with Crippen molar-refractivity contribution in [1.29, 1.82) is 0 Å². The van der Waals surface area contributed by atoms with Crippen molar-refractivity contribution in [2.45, 2.75) is 10.8 Å². The van der Waals surface area contributed by atoms with Crippen molar-refractivity contribution in [1.82, 2.24) is 0 Å². The van der Waals surface area contributed by atoms with Gasteiger partial charge in [0.2, 0.25) is 0 Å². The van der Waals surface area contributed by atoms with Crippen molar-refractivity contribution in [3.05, 3.63) is 281 Å². The molecule has 0 unspecified atom stereocenters. The summed E-state index contributed by atoms with van der Waals surface area (Å²) < 4.78 is 2.58. The predicted molar refractivity (Wildman–Crippen MR) is 268 cm³/mol. The van der Waals surface area contributed by atoms with Gasteiger partial charge < -0.3 is 4.90 Å². The third kappa shape index (κ3) is 4.53. The zero-order chi connectivity index (χ0) is 42.0. The number of hydrogen-bond acceptors (Lipinski definition) is 2. The molecule has 298 valence electrons. The van der Waals surface area contributed by atoms with Crippen molar-refractivity contribution in [2.75, 3.05) is 4.90 Å². The van der Waals surface area contributed by atoms with Crippen molar-refractivity contribution >= 4 is 48.6 Å². The van der Waals surface area contributed by atoms with Crippen LogP contribution in [-0.2, 0) is 10.8 Å². The van der Waals surface area contributed by atoms with Gasteiger partial charge in [-0.2, -0.15) is 0 Å². The van der Waals surface area contributed by atoms with Gasteiger partial charge in [-0.15, -0.1) is 11.3 Å². The number of anilines is 3. The number of hydrogen-bond donors (Lipinski definition) is 0. The molecule has 2 heteroatoms. The van der Waals surface area contributed by atoms with Gasteiger partial charge >= 0.3 is 0 Å². The first-order valence-corrected chi connectivity index (χ1v) is 23.1. The molecule has 0 saturated heterocycles. The average Bonchev–Trinajstić information content (AvgIpc) is 4.08. The summed E-state index contributed by atoms with van der Waals surface area (Å²) in [5.74, 6) is 0. The summed E-state index contributed by atoms with van der Waals surface area (Å²) in [6.45, 7) is 0. The number of thiophene rings is 1.